The van der Waals surface area contributed by atoms with Gasteiger partial charge in [-0.25, -0.2) is 4.79 Å². The summed E-state index contributed by atoms with van der Waals surface area (Å²) in [6, 6.07) is 5.77. The van der Waals surface area contributed by atoms with E-state index in [1.807, 2.05) is 13.8 Å². The number of nitrogens with one attached hydrogen (secondary N) is 1. The van der Waals surface area contributed by atoms with Gasteiger partial charge in [-0.3, -0.25) is 9.59 Å². The normalized spacial score (nSPS) is 17.8. The zero-order chi connectivity index (χ0) is 20.7. The minimum Gasteiger partial charge on any atom is -0.497 e. The van der Waals surface area contributed by atoms with Gasteiger partial charge in [0.05, 0.1) is 7.11 Å². The van der Waals surface area contributed by atoms with E-state index in [4.69, 9.17) is 9.47 Å². The van der Waals surface area contributed by atoms with Crippen LogP contribution in [-0.2, 0) is 14.3 Å². The Hall–Kier alpha value is -2.57. The lowest BCUT2D eigenvalue weighted by atomic mass is 10.0. The summed E-state index contributed by atoms with van der Waals surface area (Å²) in [5, 5.41) is 2.70. The molecule has 0 spiro atoms. The molecule has 2 rings (SSSR count). The number of methoxy groups -OCH3 is 1. The van der Waals surface area contributed by atoms with Gasteiger partial charge in [-0.1, -0.05) is 20.8 Å². The second-order valence-corrected chi connectivity index (χ2v) is 7.62. The molecule has 1 N–H and O–H groups in total. The van der Waals surface area contributed by atoms with Crippen LogP contribution in [0.5, 0.6) is 5.75 Å². The third kappa shape index (κ3) is 5.97. The van der Waals surface area contributed by atoms with Crippen LogP contribution >= 0.6 is 0 Å². The molecule has 0 unspecified atom stereocenters. The number of ether oxygens (including phenoxy) is 2. The van der Waals surface area contributed by atoms with Crippen molar-refractivity contribution in [2.45, 2.75) is 39.7 Å². The number of amides is 2. The Kier molecular flexibility index (Phi) is 7.84. The molecule has 1 aromatic carbocycles. The summed E-state index contributed by atoms with van der Waals surface area (Å²) >= 11 is 0. The molecule has 1 saturated heterocycles. The van der Waals surface area contributed by atoms with Crippen LogP contribution in [0.25, 0.3) is 0 Å². The van der Waals surface area contributed by atoms with E-state index in [2.05, 4.69) is 12.2 Å². The van der Waals surface area contributed by atoms with Gasteiger partial charge in [0.15, 0.2) is 6.61 Å². The highest BCUT2D eigenvalue weighted by Gasteiger charge is 2.28. The molecule has 1 heterocycles. The van der Waals surface area contributed by atoms with E-state index >= 15 is 0 Å². The van der Waals surface area contributed by atoms with Crippen molar-refractivity contribution in [2.24, 2.45) is 11.8 Å². The average Bonchev–Trinajstić information content (AvgIpc) is 2.69. The second kappa shape index (κ2) is 10.1. The van der Waals surface area contributed by atoms with Crippen molar-refractivity contribution >= 4 is 17.8 Å². The van der Waals surface area contributed by atoms with E-state index in [0.29, 0.717) is 30.3 Å². The van der Waals surface area contributed by atoms with Gasteiger partial charge >= 0.3 is 5.97 Å². The maximum absolute atomic E-state index is 12.5. The second-order valence-electron chi connectivity index (χ2n) is 7.62. The summed E-state index contributed by atoms with van der Waals surface area (Å²) in [6.07, 6.45) is 2.07. The molecule has 0 aliphatic carbocycles. The predicted molar refractivity (Wildman–Crippen MR) is 105 cm³/mol. The highest BCUT2D eigenvalue weighted by molar-refractivity contribution is 5.97. The van der Waals surface area contributed by atoms with Gasteiger partial charge in [-0.05, 0) is 48.9 Å². The number of hydrogen-bond donors (Lipinski definition) is 1. The lowest BCUT2D eigenvalue weighted by Crippen LogP contribution is -2.47. The zero-order valence-electron chi connectivity index (χ0n) is 17.1. The van der Waals surface area contributed by atoms with Crippen molar-refractivity contribution in [1.82, 2.24) is 10.2 Å². The van der Waals surface area contributed by atoms with E-state index in [1.54, 1.807) is 36.3 Å². The van der Waals surface area contributed by atoms with Crippen molar-refractivity contribution in [2.75, 3.05) is 26.8 Å². The predicted octanol–water partition coefficient (Wildman–Crippen LogP) is 2.25. The highest BCUT2D eigenvalue weighted by Crippen LogP contribution is 2.16. The Labute approximate surface area is 166 Å². The van der Waals surface area contributed by atoms with Crippen LogP contribution in [0.3, 0.4) is 0 Å². The largest absolute Gasteiger partial charge is 0.497 e. The third-order valence-corrected chi connectivity index (χ3v) is 4.91. The lowest BCUT2D eigenvalue weighted by molar-refractivity contribution is -0.155. The topological polar surface area (TPSA) is 84.9 Å². The Balaban J connectivity index is 1.91. The van der Waals surface area contributed by atoms with Gasteiger partial charge < -0.3 is 19.7 Å². The molecule has 7 heteroatoms. The molecule has 1 aromatic rings. The number of benzene rings is 1. The first-order valence-corrected chi connectivity index (χ1v) is 9.71. The molecular formula is C21H30N2O5. The number of carbonyl (C=O) groups is 3. The molecule has 1 aliphatic rings. The lowest BCUT2D eigenvalue weighted by Gasteiger charge is -2.31. The standard InChI is InChI=1S/C21H30N2O5/c1-14(2)19(22-20(25)16-7-9-17(27-4)10-8-16)21(26)28-13-18(24)23-11-5-6-15(3)12-23/h7-10,14-15,19H,5-6,11-13H2,1-4H3,(H,22,25)/t15-,19+/m1/s1. The fourth-order valence-electron chi connectivity index (χ4n) is 3.19. The first-order chi connectivity index (χ1) is 13.3. The molecular weight excluding hydrogens is 360 g/mol. The zero-order valence-corrected chi connectivity index (χ0v) is 17.1. The number of likely N-dealkylation sites (tertiary alicyclic amines) is 1. The van der Waals surface area contributed by atoms with Crippen LogP contribution in [0.4, 0.5) is 0 Å². The van der Waals surface area contributed by atoms with Gasteiger partial charge in [0.25, 0.3) is 11.8 Å². The van der Waals surface area contributed by atoms with Gasteiger partial charge in [0, 0.05) is 18.7 Å². The molecule has 1 fully saturated rings. The molecule has 0 saturated carbocycles. The molecule has 7 nitrogen and oxygen atoms in total. The summed E-state index contributed by atoms with van der Waals surface area (Å²) in [5.41, 5.74) is 0.414. The molecule has 0 bridgehead atoms. The minimum atomic E-state index is -0.831. The smallest absolute Gasteiger partial charge is 0.329 e. The number of hydrogen-bond acceptors (Lipinski definition) is 5. The Bertz CT molecular complexity index is 687. The first-order valence-electron chi connectivity index (χ1n) is 9.71. The van der Waals surface area contributed by atoms with Crippen LogP contribution in [0.15, 0.2) is 24.3 Å². The van der Waals surface area contributed by atoms with E-state index in [-0.39, 0.29) is 24.3 Å². The van der Waals surface area contributed by atoms with E-state index in [9.17, 15) is 14.4 Å². The molecule has 1 aliphatic heterocycles. The van der Waals surface area contributed by atoms with Crippen molar-refractivity contribution in [1.29, 1.82) is 0 Å². The fourth-order valence-corrected chi connectivity index (χ4v) is 3.19. The highest BCUT2D eigenvalue weighted by atomic mass is 16.5. The minimum absolute atomic E-state index is 0.181. The Morgan fingerprint density at radius 3 is 2.46 bits per heavy atom. The van der Waals surface area contributed by atoms with Crippen LogP contribution < -0.4 is 10.1 Å². The summed E-state index contributed by atoms with van der Waals surface area (Å²) in [7, 11) is 1.55. The number of rotatable bonds is 7. The van der Waals surface area contributed by atoms with Crippen molar-refractivity contribution in [3.8, 4) is 5.75 Å². The van der Waals surface area contributed by atoms with Gasteiger partial charge in [-0.15, -0.1) is 0 Å². The molecule has 28 heavy (non-hydrogen) atoms. The fraction of sp³-hybridized carbons (Fsp3) is 0.571. The SMILES string of the molecule is COc1ccc(C(=O)N[C@H](C(=O)OCC(=O)N2CCC[C@@H](C)C2)C(C)C)cc1. The van der Waals surface area contributed by atoms with E-state index in [0.717, 1.165) is 12.8 Å². The van der Waals surface area contributed by atoms with Gasteiger partial charge in [-0.2, -0.15) is 0 Å². The van der Waals surface area contributed by atoms with Gasteiger partial charge in [0.2, 0.25) is 0 Å². The molecule has 0 radical (unpaired) electrons. The average molecular weight is 390 g/mol. The molecule has 2 amide bonds. The summed E-state index contributed by atoms with van der Waals surface area (Å²) < 4.78 is 10.3. The Morgan fingerprint density at radius 2 is 1.89 bits per heavy atom. The number of carbonyl (C=O) groups excluding carboxylic acids is 3. The number of piperidine rings is 1. The number of nitrogens with zero attached hydrogens (tertiary/aromatic N) is 1. The Morgan fingerprint density at radius 1 is 1.21 bits per heavy atom. The summed E-state index contributed by atoms with van der Waals surface area (Å²) in [5.74, 6) is -0.254. The van der Waals surface area contributed by atoms with E-state index in [1.165, 1.54) is 0 Å². The third-order valence-electron chi connectivity index (χ3n) is 4.91. The maximum Gasteiger partial charge on any atom is 0.329 e. The van der Waals surface area contributed by atoms with Crippen LogP contribution in [0, 0.1) is 11.8 Å². The number of esters is 1. The van der Waals surface area contributed by atoms with Gasteiger partial charge in [0.1, 0.15) is 11.8 Å². The van der Waals surface area contributed by atoms with Crippen molar-refractivity contribution in [3.05, 3.63) is 29.8 Å². The summed E-state index contributed by atoms with van der Waals surface area (Å²) in [4.78, 5) is 39.0. The molecule has 2 atom stereocenters. The van der Waals surface area contributed by atoms with Crippen molar-refractivity contribution < 1.29 is 23.9 Å². The quantitative estimate of drug-likeness (QED) is 0.722. The first kappa shape index (κ1) is 21.7. The monoisotopic (exact) mass is 390 g/mol. The van der Waals surface area contributed by atoms with Crippen molar-refractivity contribution in [3.63, 3.8) is 0 Å². The summed E-state index contributed by atoms with van der Waals surface area (Å²) in [6.45, 7) is 6.82. The van der Waals surface area contributed by atoms with Crippen LogP contribution in [0.2, 0.25) is 0 Å². The molecule has 154 valence electrons. The van der Waals surface area contributed by atoms with Crippen LogP contribution in [-0.4, -0.2) is 55.5 Å². The van der Waals surface area contributed by atoms with Crippen LogP contribution in [0.1, 0.15) is 44.0 Å². The molecule has 0 aromatic heterocycles. The maximum atomic E-state index is 12.5. The van der Waals surface area contributed by atoms with E-state index < -0.39 is 12.0 Å².